The number of benzene rings is 2. The van der Waals surface area contributed by atoms with Crippen molar-refractivity contribution >= 4 is 33.2 Å². The molecule has 2 rings (SSSR count). The highest BCUT2D eigenvalue weighted by molar-refractivity contribution is 9.10. The molecule has 0 aliphatic rings. The summed E-state index contributed by atoms with van der Waals surface area (Å²) < 4.78 is 6.46. The highest BCUT2D eigenvalue weighted by atomic mass is 79.9. The normalized spacial score (nSPS) is 12.0. The topological polar surface area (TPSA) is 78.4 Å². The van der Waals surface area contributed by atoms with Gasteiger partial charge in [-0.15, -0.1) is 0 Å². The zero-order chi connectivity index (χ0) is 15.6. The fourth-order valence-corrected chi connectivity index (χ4v) is 2.69. The van der Waals surface area contributed by atoms with Crippen molar-refractivity contribution in [2.75, 3.05) is 0 Å². The second-order valence-electron chi connectivity index (χ2n) is 4.45. The van der Waals surface area contributed by atoms with E-state index < -0.39 is 4.92 Å². The van der Waals surface area contributed by atoms with Crippen molar-refractivity contribution in [2.45, 2.75) is 13.0 Å². The summed E-state index contributed by atoms with van der Waals surface area (Å²) >= 11 is 9.41. The lowest BCUT2D eigenvalue weighted by atomic mass is 10.1. The molecule has 0 amide bonds. The molecule has 0 aromatic heterocycles. The first-order valence-electron chi connectivity index (χ1n) is 6.05. The predicted octanol–water partition coefficient (Wildman–Crippen LogP) is 4.82. The number of hydrogen-bond acceptors (Lipinski definition) is 4. The van der Waals surface area contributed by atoms with Crippen LogP contribution >= 0.6 is 27.5 Å². The summed E-state index contributed by atoms with van der Waals surface area (Å²) in [5, 5.41) is 10.8. The van der Waals surface area contributed by atoms with Gasteiger partial charge < -0.3 is 10.5 Å². The summed E-state index contributed by atoms with van der Waals surface area (Å²) in [6.45, 7) is 1.88. The Bertz CT molecular complexity index is 692. The number of hydrogen-bond donors (Lipinski definition) is 1. The quantitative estimate of drug-likeness (QED) is 0.617. The fraction of sp³-hybridized carbons (Fsp3) is 0.143. The highest BCUT2D eigenvalue weighted by Crippen LogP contribution is 2.34. The number of nitrogens with zero attached hydrogens (tertiary/aromatic N) is 1. The lowest BCUT2D eigenvalue weighted by Crippen LogP contribution is -2.05. The van der Waals surface area contributed by atoms with Gasteiger partial charge in [-0.1, -0.05) is 33.6 Å². The molecular weight excluding hydrogens is 360 g/mol. The number of nitrogens with two attached hydrogens (primary N) is 1. The van der Waals surface area contributed by atoms with Crippen LogP contribution in [-0.2, 0) is 0 Å². The molecule has 0 aliphatic heterocycles. The molecule has 1 atom stereocenters. The summed E-state index contributed by atoms with van der Waals surface area (Å²) in [5.74, 6) is 0.907. The first-order valence-corrected chi connectivity index (χ1v) is 7.22. The Morgan fingerprint density at radius 3 is 2.57 bits per heavy atom. The molecule has 0 fully saturated rings. The van der Waals surface area contributed by atoms with Gasteiger partial charge in [-0.25, -0.2) is 0 Å². The maximum absolute atomic E-state index is 10.7. The number of non-ortho nitro benzene ring substituents is 1. The Hall–Kier alpha value is -1.63. The first kappa shape index (κ1) is 15.8. The van der Waals surface area contributed by atoms with Crippen molar-refractivity contribution < 1.29 is 9.66 Å². The molecule has 2 aromatic carbocycles. The zero-order valence-corrected chi connectivity index (χ0v) is 13.4. The summed E-state index contributed by atoms with van der Waals surface area (Å²) in [4.78, 5) is 10.1. The second-order valence-corrected chi connectivity index (χ2v) is 5.71. The molecule has 0 heterocycles. The number of nitro groups is 1. The maximum Gasteiger partial charge on any atom is 0.271 e. The molecule has 0 saturated carbocycles. The summed E-state index contributed by atoms with van der Waals surface area (Å²) in [6, 6.07) is 9.35. The first-order chi connectivity index (χ1) is 9.88. The smallest absolute Gasteiger partial charge is 0.271 e. The number of ether oxygens (including phenoxy) is 1. The Morgan fingerprint density at radius 1 is 1.33 bits per heavy atom. The molecule has 0 bridgehead atoms. The van der Waals surface area contributed by atoms with Gasteiger partial charge in [0.2, 0.25) is 0 Å². The third-order valence-electron chi connectivity index (χ3n) is 2.82. The number of rotatable bonds is 4. The van der Waals surface area contributed by atoms with Crippen molar-refractivity contribution in [1.82, 2.24) is 0 Å². The lowest BCUT2D eigenvalue weighted by Gasteiger charge is -2.12. The molecule has 7 heteroatoms. The van der Waals surface area contributed by atoms with Gasteiger partial charge >= 0.3 is 0 Å². The van der Waals surface area contributed by atoms with E-state index in [0.29, 0.717) is 11.5 Å². The Labute approximate surface area is 134 Å². The van der Waals surface area contributed by atoms with E-state index in [1.807, 2.05) is 13.0 Å². The molecule has 0 radical (unpaired) electrons. The molecule has 5 nitrogen and oxygen atoms in total. The summed E-state index contributed by atoms with van der Waals surface area (Å²) in [7, 11) is 0. The SMILES string of the molecule is C[C@H](N)c1ccc(Oc2ccc([N+](=O)[O-])cc2Cl)cc1Br. The van der Waals surface area contributed by atoms with Crippen molar-refractivity contribution in [1.29, 1.82) is 0 Å². The van der Waals surface area contributed by atoms with Crippen LogP contribution in [0, 0.1) is 10.1 Å². The monoisotopic (exact) mass is 370 g/mol. The average Bonchev–Trinajstić information content (AvgIpc) is 2.40. The highest BCUT2D eigenvalue weighted by Gasteiger charge is 2.12. The molecule has 0 saturated heterocycles. The van der Waals surface area contributed by atoms with E-state index in [0.717, 1.165) is 10.0 Å². The lowest BCUT2D eigenvalue weighted by molar-refractivity contribution is -0.384. The van der Waals surface area contributed by atoms with Crippen molar-refractivity contribution in [2.24, 2.45) is 5.73 Å². The third-order valence-corrected chi connectivity index (χ3v) is 3.80. The Balaban J connectivity index is 2.26. The van der Waals surface area contributed by atoms with Crippen molar-refractivity contribution in [3.63, 3.8) is 0 Å². The molecule has 21 heavy (non-hydrogen) atoms. The van der Waals surface area contributed by atoms with Gasteiger partial charge in [0.05, 0.1) is 9.95 Å². The minimum absolute atomic E-state index is 0.0826. The fourth-order valence-electron chi connectivity index (χ4n) is 1.75. The van der Waals surface area contributed by atoms with Gasteiger partial charge in [-0.3, -0.25) is 10.1 Å². The van der Waals surface area contributed by atoms with Gasteiger partial charge in [0.15, 0.2) is 0 Å². The minimum atomic E-state index is -0.510. The molecular formula is C14H12BrClN2O3. The van der Waals surface area contributed by atoms with Gasteiger partial charge in [-0.2, -0.15) is 0 Å². The van der Waals surface area contributed by atoms with Crippen LogP contribution in [-0.4, -0.2) is 4.92 Å². The van der Waals surface area contributed by atoms with Gasteiger partial charge in [-0.05, 0) is 30.7 Å². The van der Waals surface area contributed by atoms with E-state index in [4.69, 9.17) is 22.1 Å². The van der Waals surface area contributed by atoms with Crippen LogP contribution < -0.4 is 10.5 Å². The molecule has 2 N–H and O–H groups in total. The van der Waals surface area contributed by atoms with E-state index in [1.54, 1.807) is 12.1 Å². The standard InChI is InChI=1S/C14H12BrClN2O3/c1-8(17)11-4-3-10(7-12(11)15)21-14-5-2-9(18(19)20)6-13(14)16/h2-8H,17H2,1H3/t8-/m0/s1. The van der Waals surface area contributed by atoms with E-state index in [1.165, 1.54) is 18.2 Å². The Morgan fingerprint density at radius 2 is 2.05 bits per heavy atom. The number of nitro benzene ring substituents is 1. The van der Waals surface area contributed by atoms with Crippen LogP contribution in [0.1, 0.15) is 18.5 Å². The molecule has 0 unspecified atom stereocenters. The van der Waals surface area contributed by atoms with E-state index in [2.05, 4.69) is 15.9 Å². The van der Waals surface area contributed by atoms with Crippen molar-refractivity contribution in [3.05, 3.63) is 61.6 Å². The molecule has 0 spiro atoms. The maximum atomic E-state index is 10.7. The van der Waals surface area contributed by atoms with E-state index in [9.17, 15) is 10.1 Å². The minimum Gasteiger partial charge on any atom is -0.456 e. The predicted molar refractivity (Wildman–Crippen MR) is 84.9 cm³/mol. The second kappa shape index (κ2) is 6.43. The number of halogens is 2. The summed E-state index contributed by atoms with van der Waals surface area (Å²) in [6.07, 6.45) is 0. The molecule has 2 aromatic rings. The van der Waals surface area contributed by atoms with E-state index in [-0.39, 0.29) is 16.8 Å². The van der Waals surface area contributed by atoms with Gasteiger partial charge in [0.25, 0.3) is 5.69 Å². The average molecular weight is 372 g/mol. The Kier molecular flexibility index (Phi) is 4.82. The van der Waals surface area contributed by atoms with Gasteiger partial charge in [0, 0.05) is 22.6 Å². The van der Waals surface area contributed by atoms with Crippen LogP contribution in [0.3, 0.4) is 0 Å². The van der Waals surface area contributed by atoms with Crippen LogP contribution in [0.2, 0.25) is 5.02 Å². The van der Waals surface area contributed by atoms with Crippen molar-refractivity contribution in [3.8, 4) is 11.5 Å². The van der Waals surface area contributed by atoms with Gasteiger partial charge in [0.1, 0.15) is 11.5 Å². The van der Waals surface area contributed by atoms with Crippen LogP contribution in [0.4, 0.5) is 5.69 Å². The zero-order valence-electron chi connectivity index (χ0n) is 11.0. The summed E-state index contributed by atoms with van der Waals surface area (Å²) in [5.41, 5.74) is 6.70. The van der Waals surface area contributed by atoms with Crippen LogP contribution in [0.15, 0.2) is 40.9 Å². The van der Waals surface area contributed by atoms with E-state index >= 15 is 0 Å². The largest absolute Gasteiger partial charge is 0.456 e. The van der Waals surface area contributed by atoms with Crippen LogP contribution in [0.5, 0.6) is 11.5 Å². The van der Waals surface area contributed by atoms with Crippen LogP contribution in [0.25, 0.3) is 0 Å². The third kappa shape index (κ3) is 3.72. The molecule has 0 aliphatic carbocycles. The molecule has 110 valence electrons.